The first kappa shape index (κ1) is 16.8. The van der Waals surface area contributed by atoms with E-state index in [9.17, 15) is 9.59 Å². The maximum Gasteiger partial charge on any atom is 0.396 e. The van der Waals surface area contributed by atoms with Gasteiger partial charge >= 0.3 is 4.94 Å². The van der Waals surface area contributed by atoms with Gasteiger partial charge in [0.15, 0.2) is 11.3 Å². The van der Waals surface area contributed by atoms with Crippen molar-refractivity contribution in [2.45, 2.75) is 0 Å². The van der Waals surface area contributed by atoms with Crippen molar-refractivity contribution in [1.82, 2.24) is 5.43 Å². The van der Waals surface area contributed by atoms with Crippen molar-refractivity contribution in [1.29, 1.82) is 0 Å². The summed E-state index contributed by atoms with van der Waals surface area (Å²) in [6.07, 6.45) is 1.77. The number of nitrogens with one attached hydrogen (secondary N) is 1. The molecule has 0 aliphatic carbocycles. The molecule has 8 heteroatoms. The van der Waals surface area contributed by atoms with Crippen molar-refractivity contribution in [3.05, 3.63) is 62.3 Å². The topological polar surface area (TPSA) is 71.8 Å². The number of benzene rings is 2. The second kappa shape index (κ2) is 6.60. The largest absolute Gasteiger partial charge is 0.493 e. The Hall–Kier alpha value is -2.61. The Labute approximate surface area is 157 Å². The minimum atomic E-state index is -0.395. The Morgan fingerprint density at radius 1 is 1.31 bits per heavy atom. The second-order valence-corrected chi connectivity index (χ2v) is 7.04. The van der Waals surface area contributed by atoms with E-state index >= 15 is 0 Å². The van der Waals surface area contributed by atoms with Gasteiger partial charge in [0.1, 0.15) is 0 Å². The number of hydrazine groups is 1. The lowest BCUT2D eigenvalue weighted by molar-refractivity contribution is -0.114. The minimum Gasteiger partial charge on any atom is -0.493 e. The van der Waals surface area contributed by atoms with E-state index in [2.05, 4.69) is 5.43 Å². The molecular formula is C18H13ClN2O4S. The van der Waals surface area contributed by atoms with Crippen LogP contribution in [-0.2, 0) is 4.79 Å². The molecule has 0 unspecified atom stereocenters. The Morgan fingerprint density at radius 2 is 2.15 bits per heavy atom. The third kappa shape index (κ3) is 3.01. The van der Waals surface area contributed by atoms with Crippen LogP contribution in [0.25, 0.3) is 16.4 Å². The van der Waals surface area contributed by atoms with Gasteiger partial charge in [0, 0.05) is 17.1 Å². The number of amides is 1. The summed E-state index contributed by atoms with van der Waals surface area (Å²) in [5.74, 6) is 0.296. The number of anilines is 1. The maximum atomic E-state index is 12.7. The highest BCUT2D eigenvalue weighted by Gasteiger charge is 2.27. The van der Waals surface area contributed by atoms with Crippen LogP contribution in [0.2, 0.25) is 5.02 Å². The zero-order valence-corrected chi connectivity index (χ0v) is 15.2. The van der Waals surface area contributed by atoms with Gasteiger partial charge in [-0.2, -0.15) is 0 Å². The van der Waals surface area contributed by atoms with Crippen LogP contribution in [0.15, 0.2) is 51.2 Å². The lowest BCUT2D eigenvalue weighted by Gasteiger charge is -2.15. The fraction of sp³-hybridized carbons (Fsp3) is 0.111. The molecule has 0 bridgehead atoms. The molecule has 1 saturated heterocycles. The van der Waals surface area contributed by atoms with E-state index in [1.54, 1.807) is 42.5 Å². The first-order valence-corrected chi connectivity index (χ1v) is 8.90. The highest BCUT2D eigenvalue weighted by molar-refractivity contribution is 7.16. The molecule has 6 nitrogen and oxygen atoms in total. The van der Waals surface area contributed by atoms with Gasteiger partial charge < -0.3 is 9.15 Å². The Balaban J connectivity index is 1.70. The van der Waals surface area contributed by atoms with Gasteiger partial charge in [-0.1, -0.05) is 29.0 Å². The van der Waals surface area contributed by atoms with Crippen LogP contribution < -0.4 is 20.1 Å². The fourth-order valence-electron chi connectivity index (χ4n) is 2.80. The van der Waals surface area contributed by atoms with Gasteiger partial charge in [-0.25, -0.2) is 15.2 Å². The van der Waals surface area contributed by atoms with Crippen LogP contribution in [0, 0.1) is 0 Å². The summed E-state index contributed by atoms with van der Waals surface area (Å²) >= 11 is 7.00. The van der Waals surface area contributed by atoms with Crippen molar-refractivity contribution in [2.24, 2.45) is 0 Å². The SMILES string of the molecule is COc1cc(/C=C2\CNN(c3cccc(Cl)c3)C2=O)cc2sc(=O)oc12. The zero-order chi connectivity index (χ0) is 18.3. The zero-order valence-electron chi connectivity index (χ0n) is 13.6. The van der Waals surface area contributed by atoms with E-state index in [0.717, 1.165) is 16.9 Å². The number of rotatable bonds is 3. The number of ether oxygens (including phenoxy) is 1. The Bertz CT molecular complexity index is 1100. The van der Waals surface area contributed by atoms with Gasteiger partial charge in [-0.05, 0) is 42.0 Å². The van der Waals surface area contributed by atoms with Crippen LogP contribution >= 0.6 is 22.9 Å². The van der Waals surface area contributed by atoms with E-state index in [1.165, 1.54) is 12.1 Å². The van der Waals surface area contributed by atoms with E-state index in [1.807, 2.05) is 0 Å². The quantitative estimate of drug-likeness (QED) is 0.696. The van der Waals surface area contributed by atoms with Gasteiger partial charge in [0.25, 0.3) is 5.91 Å². The molecule has 0 atom stereocenters. The van der Waals surface area contributed by atoms with Gasteiger partial charge in [0.05, 0.1) is 17.5 Å². The molecule has 1 amide bonds. The molecule has 0 saturated carbocycles. The molecule has 1 N–H and O–H groups in total. The third-order valence-corrected chi connectivity index (χ3v) is 4.96. The highest BCUT2D eigenvalue weighted by Crippen LogP contribution is 2.31. The van der Waals surface area contributed by atoms with Crippen LogP contribution in [-0.4, -0.2) is 19.6 Å². The normalized spacial score (nSPS) is 16.0. The maximum absolute atomic E-state index is 12.7. The molecule has 2 heterocycles. The lowest BCUT2D eigenvalue weighted by atomic mass is 10.1. The number of fused-ring (bicyclic) bond motifs is 1. The van der Waals surface area contributed by atoms with Gasteiger partial charge in [0.2, 0.25) is 0 Å². The van der Waals surface area contributed by atoms with Crippen LogP contribution in [0.5, 0.6) is 5.75 Å². The van der Waals surface area contributed by atoms with E-state index in [0.29, 0.717) is 38.9 Å². The molecular weight excluding hydrogens is 376 g/mol. The summed E-state index contributed by atoms with van der Waals surface area (Å²) in [5.41, 5.74) is 5.48. The summed E-state index contributed by atoms with van der Waals surface area (Å²) in [5, 5.41) is 2.02. The summed E-state index contributed by atoms with van der Waals surface area (Å²) in [7, 11) is 1.51. The van der Waals surface area contributed by atoms with Crippen molar-refractivity contribution in [2.75, 3.05) is 18.7 Å². The third-order valence-electron chi connectivity index (χ3n) is 3.95. The summed E-state index contributed by atoms with van der Waals surface area (Å²) < 4.78 is 11.1. The predicted molar refractivity (Wildman–Crippen MR) is 102 cm³/mol. The molecule has 1 aliphatic rings. The molecule has 1 fully saturated rings. The van der Waals surface area contributed by atoms with Crippen molar-refractivity contribution >= 4 is 50.9 Å². The van der Waals surface area contributed by atoms with Gasteiger partial charge in [-0.3, -0.25) is 4.79 Å². The Morgan fingerprint density at radius 3 is 2.92 bits per heavy atom. The summed E-state index contributed by atoms with van der Waals surface area (Å²) in [6, 6.07) is 10.6. The molecule has 132 valence electrons. The number of hydrogen-bond donors (Lipinski definition) is 1. The van der Waals surface area contributed by atoms with Crippen LogP contribution in [0.3, 0.4) is 0 Å². The summed E-state index contributed by atoms with van der Waals surface area (Å²) in [6.45, 7) is 0.382. The molecule has 26 heavy (non-hydrogen) atoms. The van der Waals surface area contributed by atoms with Crippen molar-refractivity contribution in [3.8, 4) is 5.75 Å². The smallest absolute Gasteiger partial charge is 0.396 e. The number of carbonyl (C=O) groups excluding carboxylic acids is 1. The van der Waals surface area contributed by atoms with Gasteiger partial charge in [-0.15, -0.1) is 0 Å². The Kier molecular flexibility index (Phi) is 4.28. The molecule has 1 aromatic heterocycles. The average Bonchev–Trinajstić information content (AvgIpc) is 3.16. The van der Waals surface area contributed by atoms with E-state index in [4.69, 9.17) is 20.8 Å². The molecule has 3 aromatic rings. The number of methoxy groups -OCH3 is 1. The number of carbonyl (C=O) groups is 1. The van der Waals surface area contributed by atoms with E-state index < -0.39 is 4.94 Å². The second-order valence-electron chi connectivity index (χ2n) is 5.63. The monoisotopic (exact) mass is 388 g/mol. The average molecular weight is 389 g/mol. The highest BCUT2D eigenvalue weighted by atomic mass is 35.5. The molecule has 0 spiro atoms. The summed E-state index contributed by atoms with van der Waals surface area (Å²) in [4.78, 5) is 23.8. The fourth-order valence-corrected chi connectivity index (χ4v) is 3.71. The molecule has 1 aliphatic heterocycles. The predicted octanol–water partition coefficient (Wildman–Crippen LogP) is 3.45. The minimum absolute atomic E-state index is 0.160. The molecule has 2 aromatic carbocycles. The number of hydrogen-bond acceptors (Lipinski definition) is 6. The molecule has 4 rings (SSSR count). The first-order chi connectivity index (χ1) is 12.5. The van der Waals surface area contributed by atoms with Crippen molar-refractivity contribution < 1.29 is 13.9 Å². The number of halogens is 1. The van der Waals surface area contributed by atoms with Crippen LogP contribution in [0.4, 0.5) is 5.69 Å². The van der Waals surface area contributed by atoms with E-state index in [-0.39, 0.29) is 5.91 Å². The van der Waals surface area contributed by atoms with Crippen LogP contribution in [0.1, 0.15) is 5.56 Å². The standard InChI is InChI=1S/C18H13ClN2O4S/c1-24-14-6-10(7-15-16(14)25-18(23)26-15)5-11-9-20-21(17(11)22)13-4-2-3-12(19)8-13/h2-8,20H,9H2,1H3/b11-5+. The molecule has 0 radical (unpaired) electrons. The van der Waals surface area contributed by atoms with Crippen molar-refractivity contribution in [3.63, 3.8) is 0 Å². The first-order valence-electron chi connectivity index (χ1n) is 7.71. The lowest BCUT2D eigenvalue weighted by Crippen LogP contribution is -2.34. The number of nitrogens with zero attached hydrogens (tertiary/aromatic N) is 1.